The van der Waals surface area contributed by atoms with Crippen molar-refractivity contribution in [1.82, 2.24) is 0 Å². The molecule has 2 amide bonds. The van der Waals surface area contributed by atoms with Crippen LogP contribution in [0, 0.1) is 0 Å². The highest BCUT2D eigenvalue weighted by Crippen LogP contribution is 2.24. The Morgan fingerprint density at radius 1 is 0.562 bits per heavy atom. The van der Waals surface area contributed by atoms with Crippen molar-refractivity contribution < 1.29 is 30.7 Å². The lowest BCUT2D eigenvalue weighted by atomic mass is 10.1. The maximum absolute atomic E-state index is 12.4. The Balaban J connectivity index is 1.51. The summed E-state index contributed by atoms with van der Waals surface area (Å²) in [5.41, 5.74) is 0.932. The van der Waals surface area contributed by atoms with E-state index in [0.29, 0.717) is 32.9 Å². The number of hydrogen-bond donors (Lipinski definition) is 4. The van der Waals surface area contributed by atoms with Crippen LogP contribution in [0.5, 0.6) is 0 Å². The van der Waals surface area contributed by atoms with Crippen LogP contribution in [0.3, 0.4) is 0 Å². The van der Waals surface area contributed by atoms with Gasteiger partial charge in [0.15, 0.2) is 0 Å². The minimum absolute atomic E-state index is 0.219. The van der Waals surface area contributed by atoms with Gasteiger partial charge in [0.05, 0.1) is 9.79 Å². The van der Waals surface area contributed by atoms with Crippen molar-refractivity contribution in [3.05, 3.63) is 72.8 Å². The number of fused-ring (bicyclic) bond motifs is 2. The van der Waals surface area contributed by atoms with Gasteiger partial charge in [-0.25, -0.2) is 4.79 Å². The number of amides is 2. The summed E-state index contributed by atoms with van der Waals surface area (Å²) in [5, 5.41) is 7.82. The van der Waals surface area contributed by atoms with Crippen molar-refractivity contribution in [1.29, 1.82) is 0 Å². The lowest BCUT2D eigenvalue weighted by Gasteiger charge is -2.10. The first kappa shape index (κ1) is 21.7. The Hall–Kier alpha value is -3.51. The van der Waals surface area contributed by atoms with Gasteiger partial charge < -0.3 is 10.6 Å². The molecule has 0 aliphatic rings. The minimum atomic E-state index is -4.31. The van der Waals surface area contributed by atoms with Crippen LogP contribution in [0.25, 0.3) is 21.5 Å². The molecule has 32 heavy (non-hydrogen) atoms. The number of nitrogens with one attached hydrogen (secondary N) is 2. The SMILES string of the molecule is O=C(Nc1ccc2cc(S(=O)(=O)O)ccc2c1)Nc1ccc2cc(S(=O)(=O)O)ccc2c1. The number of carbonyl (C=O) groups is 1. The minimum Gasteiger partial charge on any atom is -0.308 e. The van der Waals surface area contributed by atoms with Crippen LogP contribution in [0.2, 0.25) is 0 Å². The highest BCUT2D eigenvalue weighted by atomic mass is 32.2. The molecule has 4 aromatic rings. The molecule has 9 nitrogen and oxygen atoms in total. The summed E-state index contributed by atoms with van der Waals surface area (Å²) in [6, 6.07) is 17.4. The van der Waals surface area contributed by atoms with Crippen molar-refractivity contribution in [3.8, 4) is 0 Å². The Morgan fingerprint density at radius 2 is 0.906 bits per heavy atom. The molecule has 0 bridgehead atoms. The fraction of sp³-hybridized carbons (Fsp3) is 0. The van der Waals surface area contributed by atoms with E-state index in [4.69, 9.17) is 9.11 Å². The normalized spacial score (nSPS) is 12.1. The number of rotatable bonds is 4. The largest absolute Gasteiger partial charge is 0.323 e. The maximum atomic E-state index is 12.4. The molecular weight excluding hydrogens is 456 g/mol. The van der Waals surface area contributed by atoms with Crippen LogP contribution >= 0.6 is 0 Å². The van der Waals surface area contributed by atoms with Gasteiger partial charge in [0.2, 0.25) is 0 Å². The number of anilines is 2. The van der Waals surface area contributed by atoms with E-state index < -0.39 is 26.3 Å². The lowest BCUT2D eigenvalue weighted by Crippen LogP contribution is -2.19. The maximum Gasteiger partial charge on any atom is 0.323 e. The van der Waals surface area contributed by atoms with E-state index in [-0.39, 0.29) is 9.79 Å². The summed E-state index contributed by atoms with van der Waals surface area (Å²) in [5.74, 6) is 0. The summed E-state index contributed by atoms with van der Waals surface area (Å²) in [7, 11) is -8.61. The van der Waals surface area contributed by atoms with Crippen molar-refractivity contribution in [2.75, 3.05) is 10.6 Å². The fourth-order valence-electron chi connectivity index (χ4n) is 3.22. The van der Waals surface area contributed by atoms with Crippen LogP contribution in [0.4, 0.5) is 16.2 Å². The van der Waals surface area contributed by atoms with Crippen molar-refractivity contribution in [2.24, 2.45) is 0 Å². The zero-order valence-electron chi connectivity index (χ0n) is 16.2. The first-order chi connectivity index (χ1) is 15.0. The van der Waals surface area contributed by atoms with Gasteiger partial charge in [-0.1, -0.05) is 24.3 Å². The average Bonchev–Trinajstić information content (AvgIpc) is 2.71. The van der Waals surface area contributed by atoms with Crippen molar-refractivity contribution >= 4 is 59.2 Å². The van der Waals surface area contributed by atoms with Gasteiger partial charge in [-0.2, -0.15) is 16.8 Å². The summed E-state index contributed by atoms with van der Waals surface area (Å²) < 4.78 is 63.3. The van der Waals surface area contributed by atoms with Gasteiger partial charge in [-0.05, 0) is 70.1 Å². The second kappa shape index (κ2) is 7.88. The van der Waals surface area contributed by atoms with E-state index in [1.54, 1.807) is 36.4 Å². The summed E-state index contributed by atoms with van der Waals surface area (Å²) in [6.07, 6.45) is 0. The van der Waals surface area contributed by atoms with E-state index in [2.05, 4.69) is 10.6 Å². The summed E-state index contributed by atoms with van der Waals surface area (Å²) in [6.45, 7) is 0. The first-order valence-corrected chi connectivity index (χ1v) is 12.0. The van der Waals surface area contributed by atoms with E-state index >= 15 is 0 Å². The van der Waals surface area contributed by atoms with Gasteiger partial charge in [0, 0.05) is 11.4 Å². The Labute approximate surface area is 183 Å². The molecule has 11 heteroatoms. The van der Waals surface area contributed by atoms with Gasteiger partial charge in [0.25, 0.3) is 20.2 Å². The summed E-state index contributed by atoms with van der Waals surface area (Å²) >= 11 is 0. The average molecular weight is 473 g/mol. The topological polar surface area (TPSA) is 150 Å². The van der Waals surface area contributed by atoms with Crippen LogP contribution in [-0.4, -0.2) is 32.0 Å². The smallest absolute Gasteiger partial charge is 0.308 e. The lowest BCUT2D eigenvalue weighted by molar-refractivity contribution is 0.262. The molecule has 0 radical (unpaired) electrons. The molecule has 0 fully saturated rings. The molecule has 0 unspecified atom stereocenters. The first-order valence-electron chi connectivity index (χ1n) is 9.10. The number of hydrogen-bond acceptors (Lipinski definition) is 5. The highest BCUT2D eigenvalue weighted by molar-refractivity contribution is 7.86. The Bertz CT molecular complexity index is 1480. The molecule has 0 saturated carbocycles. The Morgan fingerprint density at radius 3 is 1.28 bits per heavy atom. The second-order valence-corrected chi connectivity index (χ2v) is 9.82. The fourth-order valence-corrected chi connectivity index (χ4v) is 4.25. The van der Waals surface area contributed by atoms with Crippen LogP contribution in [-0.2, 0) is 20.2 Å². The molecule has 0 atom stereocenters. The molecule has 164 valence electrons. The standard InChI is InChI=1S/C21H16N2O7S2/c24-21(22-17-5-1-15-11-19(31(25,26)27)7-3-13(15)9-17)23-18-6-2-16-12-20(32(28,29)30)8-4-14(16)10-18/h1-12H,(H2,22,23,24)(H,25,26,27)(H,28,29,30). The van der Waals surface area contributed by atoms with Crippen LogP contribution in [0.1, 0.15) is 0 Å². The number of benzene rings is 4. The Kier molecular flexibility index (Phi) is 5.34. The zero-order chi connectivity index (χ0) is 23.1. The van der Waals surface area contributed by atoms with E-state index in [1.807, 2.05) is 0 Å². The van der Waals surface area contributed by atoms with E-state index in [9.17, 15) is 21.6 Å². The van der Waals surface area contributed by atoms with E-state index in [0.717, 1.165) is 0 Å². The molecule has 0 saturated heterocycles. The van der Waals surface area contributed by atoms with Gasteiger partial charge >= 0.3 is 6.03 Å². The predicted molar refractivity (Wildman–Crippen MR) is 120 cm³/mol. The highest BCUT2D eigenvalue weighted by Gasteiger charge is 2.12. The van der Waals surface area contributed by atoms with Crippen molar-refractivity contribution in [2.45, 2.75) is 9.79 Å². The molecule has 0 heterocycles. The summed E-state index contributed by atoms with van der Waals surface area (Å²) in [4.78, 5) is 11.9. The second-order valence-electron chi connectivity index (χ2n) is 6.98. The number of carbonyl (C=O) groups excluding carboxylic acids is 1. The molecule has 4 aromatic carbocycles. The monoisotopic (exact) mass is 472 g/mol. The third kappa shape index (κ3) is 4.70. The molecule has 4 rings (SSSR count). The molecule has 0 aliphatic carbocycles. The third-order valence-corrected chi connectivity index (χ3v) is 6.43. The molecule has 4 N–H and O–H groups in total. The van der Waals surface area contributed by atoms with Gasteiger partial charge in [-0.15, -0.1) is 0 Å². The van der Waals surface area contributed by atoms with E-state index in [1.165, 1.54) is 36.4 Å². The third-order valence-electron chi connectivity index (χ3n) is 4.73. The zero-order valence-corrected chi connectivity index (χ0v) is 17.8. The quantitative estimate of drug-likeness (QED) is 0.326. The molecule has 0 spiro atoms. The predicted octanol–water partition coefficient (Wildman–Crippen LogP) is 4.13. The molecular formula is C21H16N2O7S2. The number of urea groups is 1. The van der Waals surface area contributed by atoms with Crippen LogP contribution < -0.4 is 10.6 Å². The van der Waals surface area contributed by atoms with Crippen LogP contribution in [0.15, 0.2) is 82.6 Å². The van der Waals surface area contributed by atoms with Gasteiger partial charge in [0.1, 0.15) is 0 Å². The van der Waals surface area contributed by atoms with Gasteiger partial charge in [-0.3, -0.25) is 9.11 Å². The van der Waals surface area contributed by atoms with Crippen molar-refractivity contribution in [3.63, 3.8) is 0 Å². The molecule has 0 aliphatic heterocycles. The molecule has 0 aromatic heterocycles.